The molecule has 34 heavy (non-hydrogen) atoms. The zero-order valence-electron chi connectivity index (χ0n) is 17.7. The summed E-state index contributed by atoms with van der Waals surface area (Å²) in [5.41, 5.74) is -0.143. The largest absolute Gasteiger partial charge is 0.508 e. The summed E-state index contributed by atoms with van der Waals surface area (Å²) in [6, 6.07) is 5.83. The first-order valence-electron chi connectivity index (χ1n) is 8.13. The van der Waals surface area contributed by atoms with Crippen molar-refractivity contribution in [3.63, 3.8) is 0 Å². The summed E-state index contributed by atoms with van der Waals surface area (Å²) in [5, 5.41) is 35.3. The molecule has 0 unspecified atom stereocenters. The summed E-state index contributed by atoms with van der Waals surface area (Å²) in [7, 11) is -8.76. The third-order valence-electron chi connectivity index (χ3n) is 3.38. The minimum Gasteiger partial charge on any atom is -0.508 e. The first-order chi connectivity index (χ1) is 14.6. The zero-order chi connectivity index (χ0) is 25.3. The minimum absolute atomic E-state index is 0. The Bertz CT molecular complexity index is 1100. The van der Waals surface area contributed by atoms with Crippen LogP contribution in [0.1, 0.15) is 11.1 Å². The van der Waals surface area contributed by atoms with E-state index < -0.39 is 54.8 Å². The number of phenols is 2. The summed E-state index contributed by atoms with van der Waals surface area (Å²) in [6.45, 7) is 6.00. The molecular weight excluding hydrogens is 500 g/mol. The van der Waals surface area contributed by atoms with Crippen LogP contribution in [-0.2, 0) is 42.7 Å². The van der Waals surface area contributed by atoms with E-state index in [0.29, 0.717) is 0 Å². The van der Waals surface area contributed by atoms with E-state index in [1.54, 1.807) is 0 Å². The van der Waals surface area contributed by atoms with Crippen molar-refractivity contribution >= 4 is 32.2 Å². The van der Waals surface area contributed by atoms with Gasteiger partial charge in [0.05, 0.1) is 22.6 Å². The van der Waals surface area contributed by atoms with Crippen LogP contribution in [0.15, 0.2) is 59.3 Å². The van der Waals surface area contributed by atoms with Crippen molar-refractivity contribution in [2.24, 2.45) is 0 Å². The number of hydrogen-bond donors (Lipinski definition) is 8. The molecular formula is C18H26N2O12S2. The quantitative estimate of drug-likeness (QED) is 0.196. The molecule has 14 nitrogen and oxygen atoms in total. The van der Waals surface area contributed by atoms with Crippen molar-refractivity contribution in [3.8, 4) is 11.5 Å². The number of benzene rings is 2. The fourth-order valence-corrected chi connectivity index (χ4v) is 3.12. The molecule has 2 aromatic rings. The van der Waals surface area contributed by atoms with Crippen LogP contribution >= 0.6 is 0 Å². The van der Waals surface area contributed by atoms with Crippen molar-refractivity contribution in [2.75, 3.05) is 0 Å². The average Bonchev–Trinajstić information content (AvgIpc) is 2.65. The highest BCUT2D eigenvalue weighted by atomic mass is 32.2. The second-order valence-electron chi connectivity index (χ2n) is 5.67. The Morgan fingerprint density at radius 2 is 0.941 bits per heavy atom. The highest BCUT2D eigenvalue weighted by Gasteiger charge is 2.15. The molecule has 0 spiro atoms. The molecule has 0 aliphatic heterocycles. The second-order valence-corrected chi connectivity index (χ2v) is 8.52. The van der Waals surface area contributed by atoms with Gasteiger partial charge in [-0.25, -0.2) is 0 Å². The smallest absolute Gasteiger partial charge is 0.307 e. The standard InChI is InChI=1S/2C8H8O6S.C2H4.2H3N/c2*9-7-2-1-6(15(12,13)14)3-5(7)4-8(10)11;1-2;;/h2*1-3,9H,4H2,(H,10,11)(H,12,13,14);1-2H2;2*1H3. The van der Waals surface area contributed by atoms with E-state index in [1.807, 2.05) is 0 Å². The number of carboxylic acid groups (broad SMARTS) is 2. The number of hydrogen-bond acceptors (Lipinski definition) is 10. The fraction of sp³-hybridized carbons (Fsp3) is 0.111. The maximum Gasteiger partial charge on any atom is 0.307 e. The monoisotopic (exact) mass is 526 g/mol. The van der Waals surface area contributed by atoms with E-state index in [9.17, 15) is 36.6 Å². The maximum absolute atomic E-state index is 10.7. The van der Waals surface area contributed by atoms with Crippen molar-refractivity contribution < 1.29 is 56.0 Å². The Labute approximate surface area is 195 Å². The van der Waals surface area contributed by atoms with Gasteiger partial charge in [-0.2, -0.15) is 16.8 Å². The molecule has 0 radical (unpaired) electrons. The zero-order valence-corrected chi connectivity index (χ0v) is 19.3. The average molecular weight is 527 g/mol. The minimum atomic E-state index is -4.38. The van der Waals surface area contributed by atoms with E-state index in [4.69, 9.17) is 19.3 Å². The molecule has 16 heteroatoms. The maximum atomic E-state index is 10.7. The predicted octanol–water partition coefficient (Wildman–Crippen LogP) is 1.66. The normalized spacial score (nSPS) is 10.1. The Balaban J connectivity index is -0.000000499. The molecule has 0 aliphatic rings. The van der Waals surface area contributed by atoms with Crippen LogP contribution in [0.4, 0.5) is 0 Å². The molecule has 0 saturated carbocycles. The van der Waals surface area contributed by atoms with E-state index in [2.05, 4.69) is 13.2 Å². The number of phenolic OH excluding ortho intramolecular Hbond substituents is 2. The Hall–Kier alpha value is -3.54. The fourth-order valence-electron chi connectivity index (χ4n) is 2.05. The molecule has 0 saturated heterocycles. The molecule has 0 aromatic heterocycles. The van der Waals surface area contributed by atoms with Crippen molar-refractivity contribution in [2.45, 2.75) is 22.6 Å². The summed E-state index contributed by atoms with van der Waals surface area (Å²) in [6.07, 6.45) is -1.04. The van der Waals surface area contributed by atoms with Crippen LogP contribution in [0.3, 0.4) is 0 Å². The van der Waals surface area contributed by atoms with Crippen molar-refractivity contribution in [1.82, 2.24) is 12.3 Å². The Kier molecular flexibility index (Phi) is 15.0. The van der Waals surface area contributed by atoms with Crippen LogP contribution in [-0.4, -0.2) is 58.3 Å². The summed E-state index contributed by atoms with van der Waals surface area (Å²) >= 11 is 0. The first kappa shape index (κ1) is 35.1. The van der Waals surface area contributed by atoms with Crippen LogP contribution in [0.2, 0.25) is 0 Å². The molecule has 0 heterocycles. The lowest BCUT2D eigenvalue weighted by atomic mass is 10.1. The second kappa shape index (κ2) is 14.6. The van der Waals surface area contributed by atoms with Crippen molar-refractivity contribution in [3.05, 3.63) is 60.7 Å². The van der Waals surface area contributed by atoms with Gasteiger partial charge < -0.3 is 32.7 Å². The summed E-state index contributed by atoms with van der Waals surface area (Å²) in [4.78, 5) is 19.8. The lowest BCUT2D eigenvalue weighted by Crippen LogP contribution is -2.03. The number of rotatable bonds is 6. The first-order valence-corrected chi connectivity index (χ1v) is 11.0. The molecule has 0 fully saturated rings. The third kappa shape index (κ3) is 11.9. The van der Waals surface area contributed by atoms with Gasteiger partial charge in [0.2, 0.25) is 0 Å². The highest BCUT2D eigenvalue weighted by Crippen LogP contribution is 2.22. The van der Waals surface area contributed by atoms with E-state index in [1.165, 1.54) is 0 Å². The van der Waals surface area contributed by atoms with Crippen molar-refractivity contribution in [1.29, 1.82) is 0 Å². The molecule has 0 aliphatic carbocycles. The van der Waals surface area contributed by atoms with Gasteiger partial charge in [0.1, 0.15) is 11.5 Å². The van der Waals surface area contributed by atoms with Gasteiger partial charge in [0.15, 0.2) is 0 Å². The van der Waals surface area contributed by atoms with Crippen LogP contribution < -0.4 is 12.3 Å². The van der Waals surface area contributed by atoms with Crippen LogP contribution in [0.5, 0.6) is 11.5 Å². The number of aliphatic carboxylic acids is 2. The van der Waals surface area contributed by atoms with Gasteiger partial charge in [-0.3, -0.25) is 18.7 Å². The molecule has 0 bridgehead atoms. The molecule has 2 rings (SSSR count). The van der Waals surface area contributed by atoms with E-state index >= 15 is 0 Å². The number of carbonyl (C=O) groups is 2. The lowest BCUT2D eigenvalue weighted by Gasteiger charge is -2.03. The van der Waals surface area contributed by atoms with E-state index in [0.717, 1.165) is 36.4 Å². The Morgan fingerprint density at radius 1 is 0.676 bits per heavy atom. The summed E-state index contributed by atoms with van der Waals surface area (Å²) in [5.74, 6) is -3.08. The van der Waals surface area contributed by atoms with Gasteiger partial charge in [0.25, 0.3) is 20.2 Å². The van der Waals surface area contributed by atoms with Gasteiger partial charge in [-0.1, -0.05) is 0 Å². The van der Waals surface area contributed by atoms with Gasteiger partial charge >= 0.3 is 11.9 Å². The van der Waals surface area contributed by atoms with Crippen LogP contribution in [0, 0.1) is 0 Å². The highest BCUT2D eigenvalue weighted by molar-refractivity contribution is 7.86. The SMILES string of the molecule is C=C.N.N.O=C(O)Cc1cc(S(=O)(=O)O)ccc1O.O=C(O)Cc1cc(S(=O)(=O)O)ccc1O. The summed E-state index contributed by atoms with van der Waals surface area (Å²) < 4.78 is 60.2. The van der Waals surface area contributed by atoms with Gasteiger partial charge in [-0.15, -0.1) is 13.2 Å². The number of aromatic hydroxyl groups is 2. The third-order valence-corrected chi connectivity index (χ3v) is 5.08. The molecule has 2 aromatic carbocycles. The Morgan fingerprint density at radius 3 is 1.15 bits per heavy atom. The van der Waals surface area contributed by atoms with E-state index in [-0.39, 0.29) is 34.9 Å². The molecule has 192 valence electrons. The topological polar surface area (TPSA) is 294 Å². The van der Waals surface area contributed by atoms with Gasteiger partial charge in [-0.05, 0) is 36.4 Å². The lowest BCUT2D eigenvalue weighted by molar-refractivity contribution is -0.137. The molecule has 0 amide bonds. The molecule has 12 N–H and O–H groups in total. The predicted molar refractivity (Wildman–Crippen MR) is 120 cm³/mol. The van der Waals surface area contributed by atoms with Gasteiger partial charge in [0, 0.05) is 11.1 Å². The van der Waals surface area contributed by atoms with Crippen LogP contribution in [0.25, 0.3) is 0 Å². The molecule has 0 atom stereocenters. The number of carboxylic acids is 2.